The minimum Gasteiger partial charge on any atom is -0.383 e. The van der Waals surface area contributed by atoms with Gasteiger partial charge < -0.3 is 11.5 Å². The fraction of sp³-hybridized carbons (Fsp3) is 0.0833. The smallest absolute Gasteiger partial charge is 0.265 e. The van der Waals surface area contributed by atoms with E-state index < -0.39 is 0 Å². The normalized spacial score (nSPS) is 10.2. The predicted octanol–water partition coefficient (Wildman–Crippen LogP) is 0.537. The molecule has 0 saturated heterocycles. The number of benzene rings is 1. The Labute approximate surface area is 119 Å². The molecular weight excluding hydrogens is 276 g/mol. The molecule has 0 atom stereocenters. The Bertz CT molecular complexity index is 613. The van der Waals surface area contributed by atoms with Crippen molar-refractivity contribution in [2.75, 3.05) is 11.5 Å². The molecule has 104 valence electrons. The van der Waals surface area contributed by atoms with Crippen LogP contribution in [0.4, 0.5) is 11.6 Å². The van der Waals surface area contributed by atoms with Gasteiger partial charge in [0, 0.05) is 17.4 Å². The molecule has 20 heavy (non-hydrogen) atoms. The molecule has 0 fully saturated rings. The Morgan fingerprint density at radius 3 is 2.55 bits per heavy atom. The van der Waals surface area contributed by atoms with E-state index in [0.29, 0.717) is 28.1 Å². The fourth-order valence-electron chi connectivity index (χ4n) is 1.56. The summed E-state index contributed by atoms with van der Waals surface area (Å²) in [6.45, 7) is 0. The number of thioether (sulfide) groups is 1. The second-order valence-corrected chi connectivity index (χ2v) is 4.91. The number of anilines is 2. The quantitative estimate of drug-likeness (QED) is 0.212. The molecule has 0 aliphatic heterocycles. The first kappa shape index (κ1) is 14.1. The number of hydrazine groups is 1. The van der Waals surface area contributed by atoms with E-state index in [2.05, 4.69) is 15.4 Å². The number of amides is 1. The molecule has 8 heteroatoms. The molecule has 0 bridgehead atoms. The molecule has 0 saturated carbocycles. The lowest BCUT2D eigenvalue weighted by molar-refractivity contribution is 0.0953. The summed E-state index contributed by atoms with van der Waals surface area (Å²) in [7, 11) is 0. The number of nitrogen functional groups attached to an aromatic ring is 3. The van der Waals surface area contributed by atoms with Gasteiger partial charge in [0.1, 0.15) is 11.6 Å². The van der Waals surface area contributed by atoms with Crippen LogP contribution in [0.2, 0.25) is 0 Å². The first-order valence-corrected chi connectivity index (χ1v) is 6.70. The molecule has 0 radical (unpaired) electrons. The SMILES string of the molecule is NNC(=O)c1cccc(CSc2nc(N)cc(N)n2)c1. The van der Waals surface area contributed by atoms with Gasteiger partial charge in [0.15, 0.2) is 5.16 Å². The molecule has 2 rings (SSSR count). The molecule has 1 aromatic carbocycles. The summed E-state index contributed by atoms with van der Waals surface area (Å²) in [5.74, 6) is 6.02. The van der Waals surface area contributed by atoms with E-state index in [1.54, 1.807) is 18.2 Å². The van der Waals surface area contributed by atoms with Gasteiger partial charge in [-0.15, -0.1) is 0 Å². The molecule has 7 nitrogen and oxygen atoms in total. The highest BCUT2D eigenvalue weighted by molar-refractivity contribution is 7.98. The van der Waals surface area contributed by atoms with Crippen LogP contribution in [0.1, 0.15) is 15.9 Å². The zero-order valence-electron chi connectivity index (χ0n) is 10.5. The van der Waals surface area contributed by atoms with Crippen molar-refractivity contribution in [2.45, 2.75) is 10.9 Å². The second-order valence-electron chi connectivity index (χ2n) is 3.96. The maximum absolute atomic E-state index is 11.4. The van der Waals surface area contributed by atoms with E-state index in [1.807, 2.05) is 6.07 Å². The van der Waals surface area contributed by atoms with Gasteiger partial charge in [-0.2, -0.15) is 0 Å². The van der Waals surface area contributed by atoms with E-state index in [9.17, 15) is 4.79 Å². The van der Waals surface area contributed by atoms with Crippen molar-refractivity contribution < 1.29 is 4.79 Å². The molecule has 2 aromatic rings. The van der Waals surface area contributed by atoms with Crippen LogP contribution in [-0.4, -0.2) is 15.9 Å². The van der Waals surface area contributed by atoms with Gasteiger partial charge in [-0.3, -0.25) is 10.2 Å². The average molecular weight is 290 g/mol. The lowest BCUT2D eigenvalue weighted by Gasteiger charge is -2.05. The van der Waals surface area contributed by atoms with E-state index in [1.165, 1.54) is 17.8 Å². The van der Waals surface area contributed by atoms with Crippen LogP contribution in [0.5, 0.6) is 0 Å². The highest BCUT2D eigenvalue weighted by atomic mass is 32.2. The van der Waals surface area contributed by atoms with Gasteiger partial charge in [-0.25, -0.2) is 15.8 Å². The van der Waals surface area contributed by atoms with Crippen molar-refractivity contribution >= 4 is 29.3 Å². The number of aromatic nitrogens is 2. The summed E-state index contributed by atoms with van der Waals surface area (Å²) in [4.78, 5) is 19.6. The summed E-state index contributed by atoms with van der Waals surface area (Å²) in [6, 6.07) is 8.62. The highest BCUT2D eigenvalue weighted by Crippen LogP contribution is 2.21. The number of hydrogen-bond donors (Lipinski definition) is 4. The van der Waals surface area contributed by atoms with Crippen molar-refractivity contribution in [3.63, 3.8) is 0 Å². The van der Waals surface area contributed by atoms with Crippen LogP contribution in [0.15, 0.2) is 35.5 Å². The third kappa shape index (κ3) is 3.59. The molecule has 1 heterocycles. The summed E-state index contributed by atoms with van der Waals surface area (Å²) in [5.41, 5.74) is 14.7. The largest absolute Gasteiger partial charge is 0.383 e. The van der Waals surface area contributed by atoms with Crippen LogP contribution in [-0.2, 0) is 5.75 Å². The molecule has 1 amide bonds. The van der Waals surface area contributed by atoms with Gasteiger partial charge in [-0.05, 0) is 17.7 Å². The fourth-order valence-corrected chi connectivity index (χ4v) is 2.38. The summed E-state index contributed by atoms with van der Waals surface area (Å²) in [6.07, 6.45) is 0. The number of nitrogens with one attached hydrogen (secondary N) is 1. The molecule has 0 unspecified atom stereocenters. The lowest BCUT2D eigenvalue weighted by Crippen LogP contribution is -2.29. The molecular formula is C12H14N6OS. The third-order valence-electron chi connectivity index (χ3n) is 2.43. The first-order chi connectivity index (χ1) is 9.58. The van der Waals surface area contributed by atoms with E-state index in [4.69, 9.17) is 17.3 Å². The van der Waals surface area contributed by atoms with E-state index in [-0.39, 0.29) is 5.91 Å². The number of carbonyl (C=O) groups is 1. The van der Waals surface area contributed by atoms with Crippen molar-refractivity contribution in [3.05, 3.63) is 41.5 Å². The van der Waals surface area contributed by atoms with Gasteiger partial charge in [0.2, 0.25) is 0 Å². The van der Waals surface area contributed by atoms with Gasteiger partial charge >= 0.3 is 0 Å². The highest BCUT2D eigenvalue weighted by Gasteiger charge is 2.06. The molecule has 0 aliphatic carbocycles. The van der Waals surface area contributed by atoms with Gasteiger partial charge in [-0.1, -0.05) is 23.9 Å². The molecule has 0 aliphatic rings. The zero-order valence-corrected chi connectivity index (χ0v) is 11.4. The number of carbonyl (C=O) groups excluding carboxylic acids is 1. The van der Waals surface area contributed by atoms with Crippen molar-refractivity contribution in [1.82, 2.24) is 15.4 Å². The summed E-state index contributed by atoms with van der Waals surface area (Å²) >= 11 is 1.38. The van der Waals surface area contributed by atoms with Crippen LogP contribution in [0.3, 0.4) is 0 Å². The Morgan fingerprint density at radius 2 is 1.90 bits per heavy atom. The zero-order chi connectivity index (χ0) is 14.5. The van der Waals surface area contributed by atoms with Gasteiger partial charge in [0.25, 0.3) is 5.91 Å². The Kier molecular flexibility index (Phi) is 4.38. The molecule has 7 N–H and O–H groups in total. The third-order valence-corrected chi connectivity index (χ3v) is 3.35. The van der Waals surface area contributed by atoms with Crippen molar-refractivity contribution in [1.29, 1.82) is 0 Å². The van der Waals surface area contributed by atoms with Gasteiger partial charge in [0.05, 0.1) is 0 Å². The minimum atomic E-state index is -0.332. The Morgan fingerprint density at radius 1 is 1.20 bits per heavy atom. The average Bonchev–Trinajstić information content (AvgIpc) is 2.43. The topological polar surface area (TPSA) is 133 Å². The summed E-state index contributed by atoms with van der Waals surface area (Å²) in [5, 5.41) is 0.496. The number of nitrogens with two attached hydrogens (primary N) is 3. The number of nitrogens with zero attached hydrogens (tertiary/aromatic N) is 2. The Hall–Kier alpha value is -2.32. The van der Waals surface area contributed by atoms with Crippen LogP contribution < -0.4 is 22.7 Å². The van der Waals surface area contributed by atoms with E-state index >= 15 is 0 Å². The van der Waals surface area contributed by atoms with Crippen LogP contribution >= 0.6 is 11.8 Å². The maximum Gasteiger partial charge on any atom is 0.265 e. The maximum atomic E-state index is 11.4. The monoisotopic (exact) mass is 290 g/mol. The minimum absolute atomic E-state index is 0.330. The van der Waals surface area contributed by atoms with E-state index in [0.717, 1.165) is 5.56 Å². The second kappa shape index (κ2) is 6.22. The number of hydrogen-bond acceptors (Lipinski definition) is 7. The lowest BCUT2D eigenvalue weighted by atomic mass is 10.1. The van der Waals surface area contributed by atoms with Crippen LogP contribution in [0, 0.1) is 0 Å². The standard InChI is InChI=1S/C12H14N6OS/c13-9-5-10(14)17-12(16-9)20-6-7-2-1-3-8(4-7)11(19)18-15/h1-5H,6,15H2,(H,18,19)(H4,13,14,16,17). The first-order valence-electron chi connectivity index (χ1n) is 5.71. The molecule has 1 aromatic heterocycles. The van der Waals surface area contributed by atoms with Crippen LogP contribution in [0.25, 0.3) is 0 Å². The van der Waals surface area contributed by atoms with Crippen molar-refractivity contribution in [2.24, 2.45) is 5.84 Å². The van der Waals surface area contributed by atoms with Crippen molar-refractivity contribution in [3.8, 4) is 0 Å². The predicted molar refractivity (Wildman–Crippen MR) is 78.5 cm³/mol. The summed E-state index contributed by atoms with van der Waals surface area (Å²) < 4.78 is 0. The molecule has 0 spiro atoms. The number of rotatable bonds is 4. The Balaban J connectivity index is 2.09.